The Balaban J connectivity index is 1.27. The molecule has 7 rings (SSSR count). The summed E-state index contributed by atoms with van der Waals surface area (Å²) in [5, 5.41) is 14.0. The van der Waals surface area contributed by atoms with Crippen molar-refractivity contribution in [2.45, 2.75) is 49.8 Å². The number of piperazine rings is 1. The molecule has 0 aliphatic carbocycles. The van der Waals surface area contributed by atoms with E-state index >= 15 is 0 Å². The Labute approximate surface area is 310 Å². The number of hydrazine groups is 1. The molecule has 53 heavy (non-hydrogen) atoms. The fraction of sp³-hybridized carbons (Fsp3) is 0.244. The third kappa shape index (κ3) is 7.18. The zero-order valence-electron chi connectivity index (χ0n) is 29.5. The molecule has 2 fully saturated rings. The second-order valence-corrected chi connectivity index (χ2v) is 15.5. The van der Waals surface area contributed by atoms with Crippen molar-refractivity contribution in [1.29, 1.82) is 0 Å². The van der Waals surface area contributed by atoms with Gasteiger partial charge >= 0.3 is 0 Å². The number of hydrogen-bond acceptors (Lipinski definition) is 7. The van der Waals surface area contributed by atoms with Crippen LogP contribution in [-0.2, 0) is 33.8 Å². The lowest BCUT2D eigenvalue weighted by atomic mass is 9.98. The van der Waals surface area contributed by atoms with E-state index in [2.05, 4.69) is 6.58 Å². The molecular formula is C41H43N5O6S. The first-order valence-corrected chi connectivity index (χ1v) is 19.1. The number of hydrogen-bond donors (Lipinski definition) is 3. The second kappa shape index (κ2) is 14.9. The number of carbonyl (C=O) groups excluding carboxylic acids is 3. The van der Waals surface area contributed by atoms with Crippen LogP contribution in [0.5, 0.6) is 5.75 Å². The van der Waals surface area contributed by atoms with Crippen LogP contribution in [0.1, 0.15) is 28.7 Å². The molecule has 2 atom stereocenters. The van der Waals surface area contributed by atoms with E-state index in [4.69, 9.17) is 0 Å². The van der Waals surface area contributed by atoms with Crippen LogP contribution in [0.15, 0.2) is 127 Å². The molecule has 5 aromatic rings. The summed E-state index contributed by atoms with van der Waals surface area (Å²) in [6.07, 6.45) is 3.40. The smallest absolute Gasteiger partial charge is 0.246 e. The number of fused-ring (bicyclic) bond motifs is 2. The molecule has 0 saturated carbocycles. The monoisotopic (exact) mass is 733 g/mol. The first kappa shape index (κ1) is 36.0. The first-order chi connectivity index (χ1) is 25.5. The normalized spacial score (nSPS) is 18.4. The lowest BCUT2D eigenvalue weighted by Gasteiger charge is -2.55. The number of aromatic nitrogens is 1. The van der Waals surface area contributed by atoms with E-state index in [0.29, 0.717) is 22.4 Å². The maximum absolute atomic E-state index is 14.6. The molecule has 0 spiro atoms. The Hall–Kier alpha value is -5.40. The highest BCUT2D eigenvalue weighted by molar-refractivity contribution is 8.23. The van der Waals surface area contributed by atoms with Gasteiger partial charge in [-0.25, -0.2) is 14.0 Å². The molecule has 1 aromatic heterocycles. The van der Waals surface area contributed by atoms with Gasteiger partial charge in [0.15, 0.2) is 0 Å². The van der Waals surface area contributed by atoms with Gasteiger partial charge < -0.3 is 14.9 Å². The highest BCUT2D eigenvalue weighted by Gasteiger charge is 2.51. The van der Waals surface area contributed by atoms with Gasteiger partial charge in [0, 0.05) is 37.5 Å². The number of para-hydroxylation sites is 1. The number of phenolic OH excluding ortho intramolecular Hbond substituents is 1. The number of aromatic hydroxyl groups is 1. The van der Waals surface area contributed by atoms with Gasteiger partial charge in [0.1, 0.15) is 18.0 Å². The minimum Gasteiger partial charge on any atom is -0.508 e. The molecular weight excluding hydrogens is 691 g/mol. The van der Waals surface area contributed by atoms with E-state index < -0.39 is 23.0 Å². The molecule has 2 aliphatic rings. The zero-order chi connectivity index (χ0) is 37.3. The molecule has 3 amide bonds. The summed E-state index contributed by atoms with van der Waals surface area (Å²) in [6.45, 7) is 6.10. The zero-order valence-corrected chi connectivity index (χ0v) is 30.3. The highest BCUT2D eigenvalue weighted by atomic mass is 32.3. The molecule has 12 heteroatoms. The lowest BCUT2D eigenvalue weighted by Crippen LogP contribution is -2.75. The highest BCUT2D eigenvalue weighted by Crippen LogP contribution is 2.52. The van der Waals surface area contributed by atoms with E-state index in [9.17, 15) is 28.6 Å². The summed E-state index contributed by atoms with van der Waals surface area (Å²) in [6, 6.07) is 29.8. The first-order valence-electron chi connectivity index (χ1n) is 17.6. The van der Waals surface area contributed by atoms with Crippen LogP contribution in [-0.4, -0.2) is 87.6 Å². The van der Waals surface area contributed by atoms with Crippen LogP contribution >= 0.6 is 10.8 Å². The molecule has 0 radical (unpaired) electrons. The van der Waals surface area contributed by atoms with Crippen LogP contribution in [0.25, 0.3) is 10.9 Å². The summed E-state index contributed by atoms with van der Waals surface area (Å²) in [5.74, 6) is -0.664. The van der Waals surface area contributed by atoms with Gasteiger partial charge in [-0.1, -0.05) is 95.2 Å². The SMILES string of the molecule is C=CCN1CC(=O)N2[C@@H](Cc3ccc(O)cc3)C(=O)N(Cc3cn(S(O)(O)c4ccc(C)cc4)c4ccccc34)C[C@@H]2N1C(=O)CCc1ccccc1. The Morgan fingerprint density at radius 2 is 1.60 bits per heavy atom. The van der Waals surface area contributed by atoms with Crippen LogP contribution in [0, 0.1) is 6.92 Å². The maximum atomic E-state index is 14.6. The van der Waals surface area contributed by atoms with Crippen LogP contribution in [0.4, 0.5) is 0 Å². The Morgan fingerprint density at radius 1 is 0.906 bits per heavy atom. The van der Waals surface area contributed by atoms with E-state index in [1.165, 1.54) is 3.97 Å². The molecule has 0 unspecified atom stereocenters. The van der Waals surface area contributed by atoms with Crippen molar-refractivity contribution in [1.82, 2.24) is 23.8 Å². The molecule has 11 nitrogen and oxygen atoms in total. The number of phenols is 1. The van der Waals surface area contributed by atoms with Gasteiger partial charge in [-0.3, -0.25) is 23.5 Å². The summed E-state index contributed by atoms with van der Waals surface area (Å²) in [7, 11) is -3.49. The molecule has 3 N–H and O–H groups in total. The Kier molecular flexibility index (Phi) is 10.1. The second-order valence-electron chi connectivity index (χ2n) is 13.6. The molecule has 4 aromatic carbocycles. The quantitative estimate of drug-likeness (QED) is 0.138. The molecule has 274 valence electrons. The van der Waals surface area contributed by atoms with Crippen LogP contribution in [0.3, 0.4) is 0 Å². The molecule has 0 bridgehead atoms. The summed E-state index contributed by atoms with van der Waals surface area (Å²) in [5.41, 5.74) is 4.03. The number of benzene rings is 4. The van der Waals surface area contributed by atoms with Crippen molar-refractivity contribution in [3.63, 3.8) is 0 Å². The number of amides is 3. The predicted molar refractivity (Wildman–Crippen MR) is 205 cm³/mol. The topological polar surface area (TPSA) is 130 Å². The van der Waals surface area contributed by atoms with Crippen molar-refractivity contribution in [2.75, 3.05) is 19.6 Å². The fourth-order valence-corrected chi connectivity index (χ4v) is 8.80. The van der Waals surface area contributed by atoms with Gasteiger partial charge in [-0.15, -0.1) is 6.58 Å². The van der Waals surface area contributed by atoms with Gasteiger partial charge in [0.05, 0.1) is 23.5 Å². The van der Waals surface area contributed by atoms with Crippen molar-refractivity contribution >= 4 is 39.4 Å². The van der Waals surface area contributed by atoms with Gasteiger partial charge in [0.25, 0.3) is 0 Å². The minimum absolute atomic E-state index is 0.0368. The van der Waals surface area contributed by atoms with Gasteiger partial charge in [-0.2, -0.15) is 0 Å². The average Bonchev–Trinajstić information content (AvgIpc) is 3.53. The predicted octanol–water partition coefficient (Wildman–Crippen LogP) is 6.21. The van der Waals surface area contributed by atoms with Crippen LogP contribution < -0.4 is 0 Å². The molecule has 3 heterocycles. The van der Waals surface area contributed by atoms with E-state index in [1.807, 2.05) is 73.7 Å². The third-order valence-electron chi connectivity index (χ3n) is 9.99. The molecule has 2 saturated heterocycles. The number of nitrogens with zero attached hydrogens (tertiary/aromatic N) is 5. The maximum Gasteiger partial charge on any atom is 0.246 e. The number of rotatable bonds is 11. The van der Waals surface area contributed by atoms with E-state index in [1.54, 1.807) is 68.5 Å². The van der Waals surface area contributed by atoms with Crippen molar-refractivity contribution in [3.8, 4) is 5.75 Å². The third-order valence-corrected chi connectivity index (χ3v) is 11.7. The summed E-state index contributed by atoms with van der Waals surface area (Å²) >= 11 is 0. The largest absolute Gasteiger partial charge is 0.508 e. The number of carbonyl (C=O) groups is 3. The summed E-state index contributed by atoms with van der Waals surface area (Å²) in [4.78, 5) is 46.5. The van der Waals surface area contributed by atoms with Crippen LogP contribution in [0.2, 0.25) is 0 Å². The lowest BCUT2D eigenvalue weighted by molar-refractivity contribution is -0.205. The number of aryl methyl sites for hydroxylation is 2. The Bertz CT molecular complexity index is 2140. The molecule has 2 aliphatic heterocycles. The summed E-state index contributed by atoms with van der Waals surface area (Å²) < 4.78 is 24.8. The van der Waals surface area contributed by atoms with E-state index in [0.717, 1.165) is 22.1 Å². The van der Waals surface area contributed by atoms with Crippen molar-refractivity contribution < 1.29 is 28.6 Å². The fourth-order valence-electron chi connectivity index (χ4n) is 7.36. The minimum atomic E-state index is -3.49. The van der Waals surface area contributed by atoms with Gasteiger partial charge in [0.2, 0.25) is 17.7 Å². The average molecular weight is 734 g/mol. The van der Waals surface area contributed by atoms with Crippen molar-refractivity contribution in [3.05, 3.63) is 144 Å². The Morgan fingerprint density at radius 3 is 2.32 bits per heavy atom. The van der Waals surface area contributed by atoms with E-state index in [-0.39, 0.29) is 62.5 Å². The van der Waals surface area contributed by atoms with Crippen molar-refractivity contribution in [2.24, 2.45) is 0 Å². The standard InChI is InChI=1S/C41H43N5O6S/c1-3-23-43-28-40(49)45-37(24-31-15-18-33(47)19-16-31)41(50)42(27-38(45)46(43)39(48)22-17-30-9-5-4-6-10-30)25-32-26-44(36-12-8-7-11-35(32)36)53(51,52)34-20-13-29(2)14-21-34/h3-16,18-21,26,37-38,47,51-52H,1,17,22-25,27-28H2,2H3/t37-,38-/m0/s1. The van der Waals surface area contributed by atoms with Gasteiger partial charge in [-0.05, 0) is 60.4 Å².